The van der Waals surface area contributed by atoms with E-state index >= 15 is 0 Å². The maximum Gasteiger partial charge on any atom is 0.112 e. The molecule has 19 heavy (non-hydrogen) atoms. The van der Waals surface area contributed by atoms with Crippen LogP contribution in [0.2, 0.25) is 0 Å². The maximum atomic E-state index is 5.92. The third-order valence-electron chi connectivity index (χ3n) is 3.66. The zero-order chi connectivity index (χ0) is 14.0. The van der Waals surface area contributed by atoms with E-state index in [1.54, 1.807) is 12.4 Å². The van der Waals surface area contributed by atoms with Crippen LogP contribution in [0.25, 0.3) is 11.0 Å². The average Bonchev–Trinajstić information content (AvgIpc) is 2.38. The molecular formula is C14H19BrN4. The summed E-state index contributed by atoms with van der Waals surface area (Å²) in [7, 11) is 0. The molecule has 1 atom stereocenters. The van der Waals surface area contributed by atoms with Gasteiger partial charge in [-0.1, -0.05) is 13.8 Å². The number of nitrogens with zero attached hydrogens (tertiary/aromatic N) is 2. The normalized spacial score (nSPS) is 14.6. The predicted octanol–water partition coefficient (Wildman–Crippen LogP) is 3.18. The van der Waals surface area contributed by atoms with E-state index in [-0.39, 0.29) is 5.54 Å². The first-order chi connectivity index (χ1) is 8.96. The van der Waals surface area contributed by atoms with Crippen LogP contribution in [0.15, 0.2) is 29.0 Å². The summed E-state index contributed by atoms with van der Waals surface area (Å²) >= 11 is 3.41. The summed E-state index contributed by atoms with van der Waals surface area (Å²) in [4.78, 5) is 8.79. The highest BCUT2D eigenvalue weighted by atomic mass is 79.9. The van der Waals surface area contributed by atoms with Gasteiger partial charge in [-0.25, -0.2) is 0 Å². The van der Waals surface area contributed by atoms with Gasteiger partial charge in [0.2, 0.25) is 0 Å². The lowest BCUT2D eigenvalue weighted by Crippen LogP contribution is -2.47. The molecule has 1 unspecified atom stereocenters. The average molecular weight is 323 g/mol. The van der Waals surface area contributed by atoms with Crippen LogP contribution in [0.1, 0.15) is 20.8 Å². The number of anilines is 1. The summed E-state index contributed by atoms with van der Waals surface area (Å²) in [6.45, 7) is 7.01. The molecule has 0 fully saturated rings. The number of nitrogens with two attached hydrogens (primary N) is 1. The molecule has 0 saturated carbocycles. The van der Waals surface area contributed by atoms with Crippen LogP contribution in [-0.4, -0.2) is 22.1 Å². The Hall–Kier alpha value is -1.20. The first-order valence-electron chi connectivity index (χ1n) is 6.35. The van der Waals surface area contributed by atoms with E-state index < -0.39 is 0 Å². The van der Waals surface area contributed by atoms with Crippen molar-refractivity contribution in [2.45, 2.75) is 26.3 Å². The highest BCUT2D eigenvalue weighted by molar-refractivity contribution is 9.10. The van der Waals surface area contributed by atoms with Gasteiger partial charge in [0.25, 0.3) is 0 Å². The lowest BCUT2D eigenvalue weighted by molar-refractivity contribution is 0.383. The van der Waals surface area contributed by atoms with E-state index in [1.165, 1.54) is 0 Å². The summed E-state index contributed by atoms with van der Waals surface area (Å²) in [6, 6.07) is 3.90. The van der Waals surface area contributed by atoms with E-state index in [4.69, 9.17) is 5.73 Å². The Kier molecular flexibility index (Phi) is 4.06. The summed E-state index contributed by atoms with van der Waals surface area (Å²) in [5.74, 6) is 0.413. The fraction of sp³-hybridized carbons (Fsp3) is 0.429. The molecule has 102 valence electrons. The molecule has 0 aromatic carbocycles. The quantitative estimate of drug-likeness (QED) is 0.907. The van der Waals surface area contributed by atoms with Gasteiger partial charge >= 0.3 is 0 Å². The van der Waals surface area contributed by atoms with E-state index in [0.717, 1.165) is 21.2 Å². The van der Waals surface area contributed by atoms with Crippen molar-refractivity contribution < 1.29 is 0 Å². The van der Waals surface area contributed by atoms with Gasteiger partial charge in [0.1, 0.15) is 5.52 Å². The lowest BCUT2D eigenvalue weighted by atomic mass is 9.88. The summed E-state index contributed by atoms with van der Waals surface area (Å²) in [6.07, 6.45) is 3.57. The zero-order valence-electron chi connectivity index (χ0n) is 11.4. The van der Waals surface area contributed by atoms with Crippen LogP contribution < -0.4 is 11.1 Å². The van der Waals surface area contributed by atoms with Crippen LogP contribution >= 0.6 is 15.9 Å². The van der Waals surface area contributed by atoms with Crippen LogP contribution in [0.4, 0.5) is 5.69 Å². The van der Waals surface area contributed by atoms with Crippen molar-refractivity contribution >= 4 is 32.7 Å². The Morgan fingerprint density at radius 1 is 1.42 bits per heavy atom. The van der Waals surface area contributed by atoms with Crippen molar-refractivity contribution in [1.82, 2.24) is 9.97 Å². The van der Waals surface area contributed by atoms with Gasteiger partial charge in [-0.2, -0.15) is 0 Å². The van der Waals surface area contributed by atoms with E-state index in [1.807, 2.05) is 12.1 Å². The molecule has 5 heteroatoms. The molecule has 4 nitrogen and oxygen atoms in total. The third kappa shape index (κ3) is 2.87. The van der Waals surface area contributed by atoms with E-state index in [2.05, 4.69) is 52.0 Å². The van der Waals surface area contributed by atoms with Crippen molar-refractivity contribution in [3.8, 4) is 0 Å². The van der Waals surface area contributed by atoms with Gasteiger partial charge < -0.3 is 11.1 Å². The fourth-order valence-electron chi connectivity index (χ4n) is 1.85. The monoisotopic (exact) mass is 322 g/mol. The molecule has 0 amide bonds. The minimum absolute atomic E-state index is 0.164. The van der Waals surface area contributed by atoms with Gasteiger partial charge in [0, 0.05) is 29.0 Å². The molecule has 2 aromatic rings. The largest absolute Gasteiger partial charge is 0.376 e. The molecule has 0 saturated heterocycles. The standard InChI is InChI=1S/C14H19BrN4/c1-9(2)14(3,8-16)19-11-4-5-17-12-6-10(15)7-18-13(11)12/h4-7,9H,8,16H2,1-3H3,(H,17,19). The molecule has 0 radical (unpaired) electrons. The molecule has 2 rings (SSSR count). The number of halogens is 1. The SMILES string of the molecule is CC(C)C(C)(CN)Nc1ccnc2cc(Br)cnc12. The van der Waals surface area contributed by atoms with Crippen LogP contribution in [0.5, 0.6) is 0 Å². The first-order valence-corrected chi connectivity index (χ1v) is 7.14. The van der Waals surface area contributed by atoms with Crippen LogP contribution in [0.3, 0.4) is 0 Å². The number of hydrogen-bond acceptors (Lipinski definition) is 4. The summed E-state index contributed by atoms with van der Waals surface area (Å²) < 4.78 is 0.926. The minimum Gasteiger partial charge on any atom is -0.376 e. The number of aromatic nitrogens is 2. The molecule has 0 bridgehead atoms. The Labute approximate surface area is 121 Å². The van der Waals surface area contributed by atoms with Gasteiger partial charge in [0.15, 0.2) is 0 Å². The fourth-order valence-corrected chi connectivity index (χ4v) is 2.16. The van der Waals surface area contributed by atoms with Crippen molar-refractivity contribution in [3.63, 3.8) is 0 Å². The highest BCUT2D eigenvalue weighted by Crippen LogP contribution is 2.27. The number of hydrogen-bond donors (Lipinski definition) is 2. The second-order valence-electron chi connectivity index (χ2n) is 5.28. The topological polar surface area (TPSA) is 63.8 Å². The molecule has 0 aliphatic heterocycles. The lowest BCUT2D eigenvalue weighted by Gasteiger charge is -2.34. The molecule has 0 aliphatic rings. The van der Waals surface area contributed by atoms with Gasteiger partial charge in [-0.3, -0.25) is 9.97 Å². The second-order valence-corrected chi connectivity index (χ2v) is 6.20. The molecule has 3 N–H and O–H groups in total. The van der Waals surface area contributed by atoms with E-state index in [9.17, 15) is 0 Å². The smallest absolute Gasteiger partial charge is 0.112 e. The Balaban J connectivity index is 2.46. The van der Waals surface area contributed by atoms with Crippen LogP contribution in [-0.2, 0) is 0 Å². The van der Waals surface area contributed by atoms with E-state index in [0.29, 0.717) is 12.5 Å². The Morgan fingerprint density at radius 2 is 2.16 bits per heavy atom. The maximum absolute atomic E-state index is 5.92. The Bertz CT molecular complexity index is 585. The first kappa shape index (κ1) is 14.2. The van der Waals surface area contributed by atoms with Crippen molar-refractivity contribution in [1.29, 1.82) is 0 Å². The summed E-state index contributed by atoms with van der Waals surface area (Å²) in [5, 5.41) is 3.52. The number of pyridine rings is 2. The van der Waals surface area contributed by atoms with Crippen molar-refractivity contribution in [2.24, 2.45) is 11.7 Å². The molecule has 2 heterocycles. The molecular weight excluding hydrogens is 304 g/mol. The Morgan fingerprint density at radius 3 is 2.79 bits per heavy atom. The number of fused-ring (bicyclic) bond motifs is 1. The third-order valence-corrected chi connectivity index (χ3v) is 4.10. The van der Waals surface area contributed by atoms with Gasteiger partial charge in [-0.15, -0.1) is 0 Å². The van der Waals surface area contributed by atoms with Crippen LogP contribution in [0, 0.1) is 5.92 Å². The predicted molar refractivity (Wildman–Crippen MR) is 83.2 cm³/mol. The molecule has 0 aliphatic carbocycles. The number of nitrogens with one attached hydrogen (secondary N) is 1. The van der Waals surface area contributed by atoms with Crippen molar-refractivity contribution in [2.75, 3.05) is 11.9 Å². The zero-order valence-corrected chi connectivity index (χ0v) is 13.0. The van der Waals surface area contributed by atoms with Gasteiger partial charge in [0.05, 0.1) is 11.2 Å². The molecule has 0 spiro atoms. The van der Waals surface area contributed by atoms with Crippen molar-refractivity contribution in [3.05, 3.63) is 29.0 Å². The van der Waals surface area contributed by atoms with Gasteiger partial charge in [-0.05, 0) is 40.9 Å². The highest BCUT2D eigenvalue weighted by Gasteiger charge is 2.27. The number of rotatable bonds is 4. The minimum atomic E-state index is -0.164. The summed E-state index contributed by atoms with van der Waals surface area (Å²) in [5.41, 5.74) is 8.46. The molecule has 2 aromatic heterocycles. The second kappa shape index (κ2) is 5.43.